The van der Waals surface area contributed by atoms with Crippen molar-refractivity contribution in [3.05, 3.63) is 28.2 Å². The molecule has 0 fully saturated rings. The summed E-state index contributed by atoms with van der Waals surface area (Å²) in [6.07, 6.45) is 3.71. The highest BCUT2D eigenvalue weighted by Gasteiger charge is 2.14. The van der Waals surface area contributed by atoms with Crippen LogP contribution in [-0.4, -0.2) is 24.9 Å². The van der Waals surface area contributed by atoms with E-state index in [-0.39, 0.29) is 0 Å². The van der Waals surface area contributed by atoms with Gasteiger partial charge in [-0.05, 0) is 6.42 Å². The van der Waals surface area contributed by atoms with Crippen molar-refractivity contribution in [1.82, 2.24) is 19.7 Å². The molecular formula is C12H18N4OS. The van der Waals surface area contributed by atoms with Gasteiger partial charge in [-0.1, -0.05) is 32.1 Å². The molecule has 0 aliphatic rings. The summed E-state index contributed by atoms with van der Waals surface area (Å²) in [5, 5.41) is 20.2. The number of imidazole rings is 1. The first-order valence-corrected chi connectivity index (χ1v) is 6.94. The largest absolute Gasteiger partial charge is 0.385 e. The molecule has 0 spiro atoms. The van der Waals surface area contributed by atoms with Crippen molar-refractivity contribution in [2.45, 2.75) is 45.8 Å². The molecule has 0 amide bonds. The first-order valence-electron chi connectivity index (χ1n) is 6.13. The molecule has 1 N–H and O–H groups in total. The van der Waals surface area contributed by atoms with E-state index in [0.29, 0.717) is 24.7 Å². The van der Waals surface area contributed by atoms with Crippen molar-refractivity contribution >= 4 is 11.3 Å². The summed E-state index contributed by atoms with van der Waals surface area (Å²) in [5.41, 5.74) is 0. The maximum Gasteiger partial charge on any atom is 0.138 e. The molecule has 18 heavy (non-hydrogen) atoms. The van der Waals surface area contributed by atoms with Crippen molar-refractivity contribution in [3.8, 4) is 0 Å². The molecule has 2 aromatic heterocycles. The summed E-state index contributed by atoms with van der Waals surface area (Å²) in [5.74, 6) is 1.10. The van der Waals surface area contributed by atoms with Crippen LogP contribution in [0, 0.1) is 0 Å². The molecule has 1 unspecified atom stereocenters. The van der Waals surface area contributed by atoms with E-state index in [1.54, 1.807) is 17.5 Å². The Hall–Kier alpha value is -1.27. The van der Waals surface area contributed by atoms with Gasteiger partial charge in [0.05, 0.1) is 6.54 Å². The third kappa shape index (κ3) is 2.76. The lowest BCUT2D eigenvalue weighted by Gasteiger charge is -2.09. The van der Waals surface area contributed by atoms with E-state index in [2.05, 4.69) is 29.0 Å². The van der Waals surface area contributed by atoms with E-state index in [4.69, 9.17) is 0 Å². The highest BCUT2D eigenvalue weighted by atomic mass is 32.1. The monoisotopic (exact) mass is 266 g/mol. The lowest BCUT2D eigenvalue weighted by Crippen LogP contribution is -2.08. The van der Waals surface area contributed by atoms with Gasteiger partial charge in [-0.15, -0.1) is 10.2 Å². The zero-order valence-corrected chi connectivity index (χ0v) is 11.7. The van der Waals surface area contributed by atoms with Crippen LogP contribution in [0.3, 0.4) is 0 Å². The number of hydrogen-bond donors (Lipinski definition) is 1. The Bertz CT molecular complexity index is 506. The Balaban J connectivity index is 2.15. The second kappa shape index (κ2) is 5.58. The number of hydrogen-bond acceptors (Lipinski definition) is 5. The van der Waals surface area contributed by atoms with Crippen molar-refractivity contribution in [2.75, 3.05) is 0 Å². The Morgan fingerprint density at radius 1 is 1.39 bits per heavy atom. The Morgan fingerprint density at radius 2 is 2.17 bits per heavy atom. The molecule has 6 heteroatoms. The average Bonchev–Trinajstić information content (AvgIpc) is 2.97. The van der Waals surface area contributed by atoms with Gasteiger partial charge in [0.1, 0.15) is 21.9 Å². The number of nitrogens with zero attached hydrogens (tertiary/aromatic N) is 4. The minimum atomic E-state index is -0.516. The molecule has 98 valence electrons. The van der Waals surface area contributed by atoms with Gasteiger partial charge in [0.25, 0.3) is 0 Å². The molecule has 2 aromatic rings. The van der Waals surface area contributed by atoms with E-state index < -0.39 is 6.10 Å². The van der Waals surface area contributed by atoms with Crippen LogP contribution in [0.15, 0.2) is 12.4 Å². The summed E-state index contributed by atoms with van der Waals surface area (Å²) in [4.78, 5) is 4.19. The molecule has 5 nitrogen and oxygen atoms in total. The first-order chi connectivity index (χ1) is 8.61. The van der Waals surface area contributed by atoms with E-state index in [1.807, 2.05) is 17.7 Å². The molecule has 0 aliphatic heterocycles. The number of aliphatic hydroxyl groups is 1. The third-order valence-electron chi connectivity index (χ3n) is 2.71. The molecular weight excluding hydrogens is 248 g/mol. The molecule has 2 heterocycles. The van der Waals surface area contributed by atoms with Gasteiger partial charge in [-0.25, -0.2) is 4.98 Å². The molecule has 0 saturated carbocycles. The fraction of sp³-hybridized carbons (Fsp3) is 0.583. The fourth-order valence-corrected chi connectivity index (χ4v) is 2.49. The van der Waals surface area contributed by atoms with Crippen LogP contribution in [0.25, 0.3) is 0 Å². The lowest BCUT2D eigenvalue weighted by molar-refractivity contribution is 0.159. The van der Waals surface area contributed by atoms with Gasteiger partial charge < -0.3 is 9.67 Å². The first kappa shape index (κ1) is 13.2. The highest BCUT2D eigenvalue weighted by molar-refractivity contribution is 7.11. The second-order valence-electron chi connectivity index (χ2n) is 4.53. The summed E-state index contributed by atoms with van der Waals surface area (Å²) < 4.78 is 1.93. The van der Waals surface area contributed by atoms with Crippen LogP contribution in [-0.2, 0) is 6.54 Å². The van der Waals surface area contributed by atoms with Gasteiger partial charge in [-0.2, -0.15) is 0 Å². The van der Waals surface area contributed by atoms with Gasteiger partial charge in [0, 0.05) is 18.3 Å². The minimum Gasteiger partial charge on any atom is -0.385 e. The summed E-state index contributed by atoms with van der Waals surface area (Å²) in [6, 6.07) is 0. The molecule has 0 radical (unpaired) electrons. The van der Waals surface area contributed by atoms with Crippen LogP contribution in [0.5, 0.6) is 0 Å². The van der Waals surface area contributed by atoms with E-state index in [9.17, 15) is 5.11 Å². The Morgan fingerprint density at radius 3 is 2.78 bits per heavy atom. The molecule has 0 bridgehead atoms. The van der Waals surface area contributed by atoms with Crippen molar-refractivity contribution in [2.24, 2.45) is 0 Å². The normalized spacial score (nSPS) is 13.2. The quantitative estimate of drug-likeness (QED) is 0.902. The number of rotatable bonds is 5. The maximum atomic E-state index is 9.85. The minimum absolute atomic E-state index is 0.403. The van der Waals surface area contributed by atoms with Crippen LogP contribution in [0.1, 0.15) is 55.1 Å². The third-order valence-corrected chi connectivity index (χ3v) is 3.92. The van der Waals surface area contributed by atoms with E-state index >= 15 is 0 Å². The molecule has 0 aliphatic carbocycles. The maximum absolute atomic E-state index is 9.85. The van der Waals surface area contributed by atoms with Crippen molar-refractivity contribution in [3.63, 3.8) is 0 Å². The standard InChI is InChI=1S/C12H18N4OS/c1-4-9(17)11-13-5-6-16(11)7-10-14-15-12(18-10)8(2)3/h5-6,8-9,17H,4,7H2,1-3H3. The van der Waals surface area contributed by atoms with E-state index in [1.165, 1.54) is 0 Å². The Labute approximate surface area is 111 Å². The highest BCUT2D eigenvalue weighted by Crippen LogP contribution is 2.21. The van der Waals surface area contributed by atoms with Gasteiger partial charge in [0.15, 0.2) is 0 Å². The molecule has 0 saturated heterocycles. The SMILES string of the molecule is CCC(O)c1nccn1Cc1nnc(C(C)C)s1. The number of aromatic nitrogens is 4. The molecule has 1 atom stereocenters. The van der Waals surface area contributed by atoms with E-state index in [0.717, 1.165) is 10.0 Å². The predicted octanol–water partition coefficient (Wildman–Crippen LogP) is 2.35. The summed E-state index contributed by atoms with van der Waals surface area (Å²) >= 11 is 1.61. The smallest absolute Gasteiger partial charge is 0.138 e. The van der Waals surface area contributed by atoms with Crippen molar-refractivity contribution < 1.29 is 5.11 Å². The fourth-order valence-electron chi connectivity index (χ4n) is 1.64. The van der Waals surface area contributed by atoms with Crippen LogP contribution in [0.4, 0.5) is 0 Å². The molecule has 0 aromatic carbocycles. The molecule has 2 rings (SSSR count). The summed E-state index contributed by atoms with van der Waals surface area (Å²) in [7, 11) is 0. The average molecular weight is 266 g/mol. The zero-order valence-electron chi connectivity index (χ0n) is 10.9. The van der Waals surface area contributed by atoms with Gasteiger partial charge in [-0.3, -0.25) is 0 Å². The zero-order chi connectivity index (χ0) is 13.1. The van der Waals surface area contributed by atoms with Crippen LogP contribution in [0.2, 0.25) is 0 Å². The summed E-state index contributed by atoms with van der Waals surface area (Å²) in [6.45, 7) is 6.77. The Kier molecular flexibility index (Phi) is 4.08. The van der Waals surface area contributed by atoms with Crippen LogP contribution >= 0.6 is 11.3 Å². The topological polar surface area (TPSA) is 63.8 Å². The second-order valence-corrected chi connectivity index (χ2v) is 5.62. The van der Waals surface area contributed by atoms with Gasteiger partial charge >= 0.3 is 0 Å². The van der Waals surface area contributed by atoms with Crippen molar-refractivity contribution in [1.29, 1.82) is 0 Å². The lowest BCUT2D eigenvalue weighted by atomic mass is 10.2. The number of aliphatic hydroxyl groups excluding tert-OH is 1. The van der Waals surface area contributed by atoms with Crippen LogP contribution < -0.4 is 0 Å². The van der Waals surface area contributed by atoms with Gasteiger partial charge in [0.2, 0.25) is 0 Å². The predicted molar refractivity (Wildman–Crippen MR) is 70.6 cm³/mol.